The molecule has 0 aromatic carbocycles. The van der Waals surface area contributed by atoms with Crippen LogP contribution in [0, 0.1) is 0 Å². The molecule has 14 heavy (non-hydrogen) atoms. The van der Waals surface area contributed by atoms with Crippen molar-refractivity contribution in [1.29, 1.82) is 0 Å². The van der Waals surface area contributed by atoms with Gasteiger partial charge in [-0.15, -0.1) is 0 Å². The van der Waals surface area contributed by atoms with E-state index < -0.39 is 0 Å². The lowest BCUT2D eigenvalue weighted by Gasteiger charge is -2.24. The van der Waals surface area contributed by atoms with Gasteiger partial charge in [0.2, 0.25) is 5.91 Å². The lowest BCUT2D eigenvalue weighted by atomic mass is 10.3. The summed E-state index contributed by atoms with van der Waals surface area (Å²) in [7, 11) is 0. The Morgan fingerprint density at radius 3 is 2.57 bits per heavy atom. The van der Waals surface area contributed by atoms with Gasteiger partial charge in [0.15, 0.2) is 0 Å². The molecule has 0 atom stereocenters. The molecule has 0 saturated carbocycles. The van der Waals surface area contributed by atoms with Gasteiger partial charge in [-0.25, -0.2) is 0 Å². The molecule has 0 aliphatic carbocycles. The predicted molar refractivity (Wildman–Crippen MR) is 58.1 cm³/mol. The average molecular weight is 196 g/mol. The molecule has 0 aromatic rings. The first-order valence-electron chi connectivity index (χ1n) is 5.30. The van der Waals surface area contributed by atoms with E-state index in [2.05, 4.69) is 25.3 Å². The Hall–Kier alpha value is -0.830. The second-order valence-corrected chi connectivity index (χ2v) is 4.01. The summed E-state index contributed by atoms with van der Waals surface area (Å²) in [6, 6.07) is 0.578. The van der Waals surface area contributed by atoms with E-state index in [9.17, 15) is 4.79 Å². The van der Waals surface area contributed by atoms with Crippen molar-refractivity contribution in [3.05, 3.63) is 12.7 Å². The molecule has 0 aromatic heterocycles. The molecule has 1 fully saturated rings. The van der Waals surface area contributed by atoms with Crippen LogP contribution in [0.1, 0.15) is 20.3 Å². The Morgan fingerprint density at radius 2 is 2.00 bits per heavy atom. The van der Waals surface area contributed by atoms with Crippen LogP contribution in [0.4, 0.5) is 0 Å². The van der Waals surface area contributed by atoms with Crippen LogP contribution < -0.4 is 0 Å². The van der Waals surface area contributed by atoms with E-state index in [0.717, 1.165) is 32.6 Å². The Morgan fingerprint density at radius 1 is 1.29 bits per heavy atom. The smallest absolute Gasteiger partial charge is 0.245 e. The molecule has 0 spiro atoms. The Kier molecular flexibility index (Phi) is 4.14. The number of hydrogen-bond acceptors (Lipinski definition) is 2. The number of amides is 1. The molecule has 1 aliphatic heterocycles. The zero-order valence-electron chi connectivity index (χ0n) is 9.20. The number of carbonyl (C=O) groups is 1. The quantitative estimate of drug-likeness (QED) is 0.618. The molecular formula is C11H20N2O. The van der Waals surface area contributed by atoms with Crippen molar-refractivity contribution in [3.8, 4) is 0 Å². The molecule has 1 rings (SSSR count). The maximum atomic E-state index is 11.4. The van der Waals surface area contributed by atoms with Gasteiger partial charge in [0.1, 0.15) is 0 Å². The Balaban J connectivity index is 2.48. The van der Waals surface area contributed by atoms with Crippen LogP contribution in [-0.2, 0) is 4.79 Å². The second kappa shape index (κ2) is 5.15. The molecule has 3 heteroatoms. The molecule has 1 heterocycles. The molecule has 1 amide bonds. The van der Waals surface area contributed by atoms with Gasteiger partial charge in [-0.1, -0.05) is 6.58 Å². The molecule has 0 N–H and O–H groups in total. The summed E-state index contributed by atoms with van der Waals surface area (Å²) in [4.78, 5) is 15.7. The summed E-state index contributed by atoms with van der Waals surface area (Å²) in [5.74, 6) is 0.0654. The van der Waals surface area contributed by atoms with Gasteiger partial charge in [-0.05, 0) is 26.3 Å². The van der Waals surface area contributed by atoms with Crippen molar-refractivity contribution in [2.75, 3.05) is 26.2 Å². The molecule has 0 unspecified atom stereocenters. The minimum atomic E-state index is 0.0654. The fourth-order valence-corrected chi connectivity index (χ4v) is 1.80. The standard InChI is InChI=1S/C11H20N2O/c1-4-11(14)13-7-5-6-12(8-9-13)10(2)3/h4,10H,1,5-9H2,2-3H3. The van der Waals surface area contributed by atoms with Gasteiger partial charge in [0.05, 0.1) is 0 Å². The second-order valence-electron chi connectivity index (χ2n) is 4.01. The van der Waals surface area contributed by atoms with Crippen LogP contribution >= 0.6 is 0 Å². The van der Waals surface area contributed by atoms with Crippen molar-refractivity contribution >= 4 is 5.91 Å². The predicted octanol–water partition coefficient (Wildman–Crippen LogP) is 1.12. The van der Waals surface area contributed by atoms with Crippen LogP contribution in [0.25, 0.3) is 0 Å². The van der Waals surface area contributed by atoms with E-state index in [1.165, 1.54) is 6.08 Å². The zero-order chi connectivity index (χ0) is 10.6. The van der Waals surface area contributed by atoms with Crippen LogP contribution in [-0.4, -0.2) is 47.9 Å². The van der Waals surface area contributed by atoms with Gasteiger partial charge < -0.3 is 4.90 Å². The molecule has 0 radical (unpaired) electrons. The molecule has 0 bridgehead atoms. The van der Waals surface area contributed by atoms with Crippen LogP contribution in [0.15, 0.2) is 12.7 Å². The summed E-state index contributed by atoms with van der Waals surface area (Å²) in [5.41, 5.74) is 0. The Labute approximate surface area is 86.4 Å². The third-order valence-electron chi connectivity index (χ3n) is 2.75. The topological polar surface area (TPSA) is 23.6 Å². The number of carbonyl (C=O) groups excluding carboxylic acids is 1. The summed E-state index contributed by atoms with van der Waals surface area (Å²) >= 11 is 0. The minimum Gasteiger partial charge on any atom is -0.338 e. The van der Waals surface area contributed by atoms with Gasteiger partial charge in [0, 0.05) is 32.2 Å². The van der Waals surface area contributed by atoms with Crippen molar-refractivity contribution in [3.63, 3.8) is 0 Å². The fourth-order valence-electron chi connectivity index (χ4n) is 1.80. The molecule has 1 aliphatic rings. The van der Waals surface area contributed by atoms with Gasteiger partial charge in [-0.2, -0.15) is 0 Å². The first kappa shape index (κ1) is 11.2. The summed E-state index contributed by atoms with van der Waals surface area (Å²) in [5, 5.41) is 0. The normalized spacial score (nSPS) is 19.5. The lowest BCUT2D eigenvalue weighted by molar-refractivity contribution is -0.125. The molecule has 80 valence electrons. The third kappa shape index (κ3) is 2.84. The maximum Gasteiger partial charge on any atom is 0.245 e. The van der Waals surface area contributed by atoms with E-state index in [0.29, 0.717) is 6.04 Å². The first-order valence-corrected chi connectivity index (χ1v) is 5.30. The van der Waals surface area contributed by atoms with Crippen LogP contribution in [0.2, 0.25) is 0 Å². The lowest BCUT2D eigenvalue weighted by Crippen LogP contribution is -2.36. The summed E-state index contributed by atoms with van der Waals surface area (Å²) < 4.78 is 0. The third-order valence-corrected chi connectivity index (χ3v) is 2.75. The first-order chi connectivity index (χ1) is 6.65. The van der Waals surface area contributed by atoms with Crippen molar-refractivity contribution in [2.24, 2.45) is 0 Å². The number of hydrogen-bond donors (Lipinski definition) is 0. The van der Waals surface area contributed by atoms with E-state index >= 15 is 0 Å². The monoisotopic (exact) mass is 196 g/mol. The number of nitrogens with zero attached hydrogens (tertiary/aromatic N) is 2. The highest BCUT2D eigenvalue weighted by atomic mass is 16.2. The molecular weight excluding hydrogens is 176 g/mol. The van der Waals surface area contributed by atoms with Crippen molar-refractivity contribution in [1.82, 2.24) is 9.80 Å². The van der Waals surface area contributed by atoms with Gasteiger partial charge in [-0.3, -0.25) is 9.69 Å². The fraction of sp³-hybridized carbons (Fsp3) is 0.727. The maximum absolute atomic E-state index is 11.4. The summed E-state index contributed by atoms with van der Waals surface area (Å²) in [6.07, 6.45) is 2.47. The van der Waals surface area contributed by atoms with Gasteiger partial charge in [0.25, 0.3) is 0 Å². The van der Waals surface area contributed by atoms with E-state index in [1.54, 1.807) is 0 Å². The van der Waals surface area contributed by atoms with E-state index in [-0.39, 0.29) is 5.91 Å². The van der Waals surface area contributed by atoms with E-state index in [4.69, 9.17) is 0 Å². The highest BCUT2D eigenvalue weighted by Gasteiger charge is 2.18. The van der Waals surface area contributed by atoms with E-state index in [1.807, 2.05) is 4.90 Å². The average Bonchev–Trinajstić information content (AvgIpc) is 2.41. The van der Waals surface area contributed by atoms with Crippen LogP contribution in [0.3, 0.4) is 0 Å². The SMILES string of the molecule is C=CC(=O)N1CCCN(C(C)C)CC1. The highest BCUT2D eigenvalue weighted by Crippen LogP contribution is 2.06. The van der Waals surface area contributed by atoms with Gasteiger partial charge >= 0.3 is 0 Å². The Bertz CT molecular complexity index is 213. The molecule has 1 saturated heterocycles. The number of rotatable bonds is 2. The van der Waals surface area contributed by atoms with Crippen molar-refractivity contribution < 1.29 is 4.79 Å². The highest BCUT2D eigenvalue weighted by molar-refractivity contribution is 5.86. The van der Waals surface area contributed by atoms with Crippen LogP contribution in [0.5, 0.6) is 0 Å². The largest absolute Gasteiger partial charge is 0.338 e. The minimum absolute atomic E-state index is 0.0654. The van der Waals surface area contributed by atoms with Crippen molar-refractivity contribution in [2.45, 2.75) is 26.3 Å². The molecule has 3 nitrogen and oxygen atoms in total. The zero-order valence-corrected chi connectivity index (χ0v) is 9.20. The summed E-state index contributed by atoms with van der Waals surface area (Å²) in [6.45, 7) is 11.7.